The molecule has 0 saturated carbocycles. The van der Waals surface area contributed by atoms with Gasteiger partial charge >= 0.3 is 5.97 Å². The molecular weight excluding hydrogens is 326 g/mol. The molecule has 1 saturated heterocycles. The summed E-state index contributed by atoms with van der Waals surface area (Å²) in [6.45, 7) is 0.376. The molecule has 8 heteroatoms. The molecule has 3 rings (SSSR count). The fraction of sp³-hybridized carbons (Fsp3) is 0.471. The molecule has 0 spiro atoms. The number of carbonyl (C=O) groups excluding carboxylic acids is 2. The third kappa shape index (κ3) is 3.10. The maximum atomic E-state index is 12.8. The van der Waals surface area contributed by atoms with E-state index < -0.39 is 11.5 Å². The standard InChI is InChI=1S/C17H21N3O5/c1-25-11-17(16(23)24)7-4-8-19(17)10-15(22)20-9-14(21)18-12-5-2-3-6-13(12)20/h2-3,5-6H,4,7-11H2,1H3,(H,18,21)(H,23,24). The number of fused-ring (bicyclic) bond motifs is 1. The number of carbonyl (C=O) groups is 3. The number of para-hydroxylation sites is 2. The number of rotatable bonds is 5. The van der Waals surface area contributed by atoms with Gasteiger partial charge in [0.2, 0.25) is 11.8 Å². The van der Waals surface area contributed by atoms with Crippen LogP contribution < -0.4 is 10.2 Å². The molecule has 0 aromatic heterocycles. The van der Waals surface area contributed by atoms with Crippen molar-refractivity contribution in [3.63, 3.8) is 0 Å². The SMILES string of the molecule is COCC1(C(=O)O)CCCN1CC(=O)N1CC(=O)Nc2ccccc21. The van der Waals surface area contributed by atoms with Crippen LogP contribution in [0.5, 0.6) is 0 Å². The number of amides is 2. The van der Waals surface area contributed by atoms with Crippen LogP contribution in [0.1, 0.15) is 12.8 Å². The summed E-state index contributed by atoms with van der Waals surface area (Å²) in [5.41, 5.74) is 0.0102. The Bertz CT molecular complexity index is 707. The lowest BCUT2D eigenvalue weighted by Crippen LogP contribution is -2.57. The first-order valence-corrected chi connectivity index (χ1v) is 8.14. The second-order valence-electron chi connectivity index (χ2n) is 6.34. The van der Waals surface area contributed by atoms with E-state index >= 15 is 0 Å². The summed E-state index contributed by atoms with van der Waals surface area (Å²) in [7, 11) is 1.45. The Kier molecular flexibility index (Phi) is 4.73. The Morgan fingerprint density at radius 2 is 2.12 bits per heavy atom. The number of hydrogen-bond donors (Lipinski definition) is 2. The van der Waals surface area contributed by atoms with Crippen molar-refractivity contribution >= 4 is 29.2 Å². The van der Waals surface area contributed by atoms with E-state index in [-0.39, 0.29) is 31.5 Å². The molecule has 0 radical (unpaired) electrons. The number of methoxy groups -OCH3 is 1. The predicted molar refractivity (Wildman–Crippen MR) is 90.5 cm³/mol. The molecule has 2 aliphatic heterocycles. The summed E-state index contributed by atoms with van der Waals surface area (Å²) in [5.74, 6) is -1.56. The van der Waals surface area contributed by atoms with E-state index in [0.717, 1.165) is 0 Å². The zero-order valence-corrected chi connectivity index (χ0v) is 14.0. The van der Waals surface area contributed by atoms with Crippen LogP contribution in [-0.2, 0) is 19.1 Å². The number of ether oxygens (including phenoxy) is 1. The first-order chi connectivity index (χ1) is 12.0. The number of aliphatic carboxylic acids is 1. The van der Waals surface area contributed by atoms with Crippen molar-refractivity contribution in [2.45, 2.75) is 18.4 Å². The minimum atomic E-state index is -1.19. The Balaban J connectivity index is 1.82. The normalized spacial score (nSPS) is 23.2. The smallest absolute Gasteiger partial charge is 0.326 e. The molecule has 1 fully saturated rings. The number of carboxylic acid groups (broad SMARTS) is 1. The van der Waals surface area contributed by atoms with E-state index in [1.165, 1.54) is 12.0 Å². The van der Waals surface area contributed by atoms with Gasteiger partial charge in [-0.1, -0.05) is 12.1 Å². The molecule has 8 nitrogen and oxygen atoms in total. The molecule has 2 heterocycles. The third-order valence-corrected chi connectivity index (χ3v) is 4.80. The first kappa shape index (κ1) is 17.4. The van der Waals surface area contributed by atoms with Crippen molar-refractivity contribution in [2.75, 3.05) is 43.6 Å². The fourth-order valence-electron chi connectivity index (χ4n) is 3.58. The van der Waals surface area contributed by atoms with Crippen molar-refractivity contribution in [1.29, 1.82) is 0 Å². The second kappa shape index (κ2) is 6.81. The molecule has 2 N–H and O–H groups in total. The van der Waals surface area contributed by atoms with E-state index in [9.17, 15) is 19.5 Å². The number of nitrogens with zero attached hydrogens (tertiary/aromatic N) is 2. The number of nitrogens with one attached hydrogen (secondary N) is 1. The van der Waals surface area contributed by atoms with Crippen LogP contribution in [0.2, 0.25) is 0 Å². The van der Waals surface area contributed by atoms with Crippen molar-refractivity contribution in [3.05, 3.63) is 24.3 Å². The summed E-state index contributed by atoms with van der Waals surface area (Å²) in [6, 6.07) is 7.06. The lowest BCUT2D eigenvalue weighted by Gasteiger charge is -2.36. The first-order valence-electron chi connectivity index (χ1n) is 8.14. The minimum absolute atomic E-state index is 0.0205. The van der Waals surface area contributed by atoms with E-state index in [0.29, 0.717) is 30.8 Å². The number of benzene rings is 1. The molecular formula is C17H21N3O5. The van der Waals surface area contributed by atoms with Crippen LogP contribution in [0.3, 0.4) is 0 Å². The van der Waals surface area contributed by atoms with Gasteiger partial charge in [-0.2, -0.15) is 0 Å². The fourth-order valence-corrected chi connectivity index (χ4v) is 3.58. The van der Waals surface area contributed by atoms with Crippen molar-refractivity contribution in [3.8, 4) is 0 Å². The van der Waals surface area contributed by atoms with Gasteiger partial charge in [0.1, 0.15) is 12.1 Å². The zero-order valence-electron chi connectivity index (χ0n) is 14.0. The van der Waals surface area contributed by atoms with Crippen LogP contribution in [0.25, 0.3) is 0 Å². The van der Waals surface area contributed by atoms with E-state index in [1.807, 2.05) is 0 Å². The molecule has 2 aliphatic rings. The number of anilines is 2. The van der Waals surface area contributed by atoms with Gasteiger partial charge in [0.05, 0.1) is 24.5 Å². The van der Waals surface area contributed by atoms with Crippen molar-refractivity contribution in [2.24, 2.45) is 0 Å². The molecule has 0 aliphatic carbocycles. The molecule has 1 aromatic rings. The average Bonchev–Trinajstić information content (AvgIpc) is 2.98. The second-order valence-corrected chi connectivity index (χ2v) is 6.34. The molecule has 1 unspecified atom stereocenters. The van der Waals surface area contributed by atoms with Gasteiger partial charge in [-0.3, -0.25) is 24.2 Å². The van der Waals surface area contributed by atoms with Gasteiger partial charge in [0.15, 0.2) is 0 Å². The van der Waals surface area contributed by atoms with Gasteiger partial charge in [0, 0.05) is 7.11 Å². The molecule has 1 atom stereocenters. The van der Waals surface area contributed by atoms with Crippen molar-refractivity contribution < 1.29 is 24.2 Å². The predicted octanol–water partition coefficient (Wildman–Crippen LogP) is 0.537. The Morgan fingerprint density at radius 1 is 1.36 bits per heavy atom. The highest BCUT2D eigenvalue weighted by Gasteiger charge is 2.49. The van der Waals surface area contributed by atoms with Gasteiger partial charge in [-0.15, -0.1) is 0 Å². The van der Waals surface area contributed by atoms with E-state index in [2.05, 4.69) is 5.32 Å². The number of carboxylic acids is 1. The Morgan fingerprint density at radius 3 is 2.84 bits per heavy atom. The monoisotopic (exact) mass is 347 g/mol. The van der Waals surface area contributed by atoms with Gasteiger partial charge in [0.25, 0.3) is 0 Å². The molecule has 25 heavy (non-hydrogen) atoms. The average molecular weight is 347 g/mol. The van der Waals surface area contributed by atoms with Crippen LogP contribution in [0.4, 0.5) is 11.4 Å². The van der Waals surface area contributed by atoms with Crippen LogP contribution in [0, 0.1) is 0 Å². The summed E-state index contributed by atoms with van der Waals surface area (Å²) in [5, 5.41) is 12.4. The summed E-state index contributed by atoms with van der Waals surface area (Å²) in [4.78, 5) is 39.6. The number of hydrogen-bond acceptors (Lipinski definition) is 5. The molecule has 134 valence electrons. The summed E-state index contributed by atoms with van der Waals surface area (Å²) in [6.07, 6.45) is 1.11. The lowest BCUT2D eigenvalue weighted by molar-refractivity contribution is -0.153. The van der Waals surface area contributed by atoms with Crippen LogP contribution in [-0.4, -0.2) is 66.7 Å². The lowest BCUT2D eigenvalue weighted by atomic mass is 9.97. The van der Waals surface area contributed by atoms with E-state index in [4.69, 9.17) is 4.74 Å². The minimum Gasteiger partial charge on any atom is -0.480 e. The van der Waals surface area contributed by atoms with Crippen molar-refractivity contribution in [1.82, 2.24) is 4.90 Å². The van der Waals surface area contributed by atoms with E-state index in [1.54, 1.807) is 29.2 Å². The molecule has 0 bridgehead atoms. The Hall–Kier alpha value is -2.45. The van der Waals surface area contributed by atoms with Gasteiger partial charge < -0.3 is 15.2 Å². The topological polar surface area (TPSA) is 99.2 Å². The van der Waals surface area contributed by atoms with Gasteiger partial charge in [-0.25, -0.2) is 0 Å². The van der Waals surface area contributed by atoms with Crippen LogP contribution >= 0.6 is 0 Å². The summed E-state index contributed by atoms with van der Waals surface area (Å²) < 4.78 is 5.11. The molecule has 2 amide bonds. The zero-order chi connectivity index (χ0) is 18.0. The maximum absolute atomic E-state index is 12.8. The quantitative estimate of drug-likeness (QED) is 0.806. The largest absolute Gasteiger partial charge is 0.480 e. The summed E-state index contributed by atoms with van der Waals surface area (Å²) >= 11 is 0. The maximum Gasteiger partial charge on any atom is 0.326 e. The highest BCUT2D eigenvalue weighted by Crippen LogP contribution is 2.32. The number of likely N-dealkylation sites (tertiary alicyclic amines) is 1. The highest BCUT2D eigenvalue weighted by molar-refractivity contribution is 6.10. The Labute approximate surface area is 145 Å². The third-order valence-electron chi connectivity index (χ3n) is 4.80. The van der Waals surface area contributed by atoms with Crippen LogP contribution in [0.15, 0.2) is 24.3 Å². The highest BCUT2D eigenvalue weighted by atomic mass is 16.5. The molecule has 1 aromatic carbocycles. The van der Waals surface area contributed by atoms with Gasteiger partial charge in [-0.05, 0) is 31.5 Å².